The van der Waals surface area contributed by atoms with E-state index < -0.39 is 16.1 Å². The van der Waals surface area contributed by atoms with Crippen molar-refractivity contribution in [3.8, 4) is 11.5 Å². The number of piperidine rings is 1. The van der Waals surface area contributed by atoms with Crippen LogP contribution in [0.4, 0.5) is 0 Å². The van der Waals surface area contributed by atoms with Crippen molar-refractivity contribution in [2.75, 3.05) is 39.4 Å². The summed E-state index contributed by atoms with van der Waals surface area (Å²) in [5.41, 5.74) is 0. The second-order valence-corrected chi connectivity index (χ2v) is 11.3. The molecule has 188 valence electrons. The fourth-order valence-electron chi connectivity index (χ4n) is 4.76. The third-order valence-corrected chi connectivity index (χ3v) is 8.26. The Bertz CT molecular complexity index is 998. The van der Waals surface area contributed by atoms with E-state index in [1.54, 1.807) is 11.0 Å². The van der Waals surface area contributed by atoms with Gasteiger partial charge in [-0.3, -0.25) is 9.59 Å². The molecule has 0 saturated carbocycles. The van der Waals surface area contributed by atoms with Crippen LogP contribution in [0.2, 0.25) is 0 Å². The van der Waals surface area contributed by atoms with E-state index in [0.29, 0.717) is 50.6 Å². The molecule has 0 radical (unpaired) electrons. The van der Waals surface area contributed by atoms with E-state index in [4.69, 9.17) is 9.47 Å². The van der Waals surface area contributed by atoms with E-state index >= 15 is 0 Å². The molecule has 1 aromatic rings. The van der Waals surface area contributed by atoms with E-state index in [1.807, 2.05) is 18.7 Å². The zero-order valence-electron chi connectivity index (χ0n) is 20.0. The lowest BCUT2D eigenvalue weighted by Crippen LogP contribution is -2.53. The summed E-state index contributed by atoms with van der Waals surface area (Å²) in [4.78, 5) is 29.7. The molecule has 9 nitrogen and oxygen atoms in total. The number of amides is 2. The van der Waals surface area contributed by atoms with E-state index in [1.165, 1.54) is 12.1 Å². The van der Waals surface area contributed by atoms with Gasteiger partial charge in [0.2, 0.25) is 21.8 Å². The van der Waals surface area contributed by atoms with Crippen molar-refractivity contribution in [1.29, 1.82) is 0 Å². The molecule has 2 fully saturated rings. The number of fused-ring (bicyclic) bond motifs is 1. The first-order valence-electron chi connectivity index (χ1n) is 12.3. The molecule has 1 N–H and O–H groups in total. The molecule has 0 bridgehead atoms. The lowest BCUT2D eigenvalue weighted by molar-refractivity contribution is -0.141. The fourth-order valence-corrected chi connectivity index (χ4v) is 6.11. The van der Waals surface area contributed by atoms with Crippen molar-refractivity contribution in [1.82, 2.24) is 14.5 Å². The van der Waals surface area contributed by atoms with Gasteiger partial charge in [0.15, 0.2) is 11.5 Å². The van der Waals surface area contributed by atoms with Crippen molar-refractivity contribution < 1.29 is 27.5 Å². The minimum atomic E-state index is -3.96. The van der Waals surface area contributed by atoms with Gasteiger partial charge in [0.1, 0.15) is 6.04 Å². The van der Waals surface area contributed by atoms with Gasteiger partial charge in [0.05, 0.1) is 18.1 Å². The van der Waals surface area contributed by atoms with E-state index in [-0.39, 0.29) is 28.5 Å². The highest BCUT2D eigenvalue weighted by Crippen LogP contribution is 2.32. The van der Waals surface area contributed by atoms with Crippen molar-refractivity contribution in [2.45, 2.75) is 56.9 Å². The van der Waals surface area contributed by atoms with Crippen LogP contribution in [0.5, 0.6) is 11.5 Å². The Hall–Kier alpha value is -2.33. The summed E-state index contributed by atoms with van der Waals surface area (Å²) in [5, 5.41) is 0. The van der Waals surface area contributed by atoms with Crippen LogP contribution in [0.1, 0.15) is 46.0 Å². The van der Waals surface area contributed by atoms with Crippen LogP contribution in [-0.4, -0.2) is 75.5 Å². The molecule has 10 heteroatoms. The van der Waals surface area contributed by atoms with Crippen LogP contribution in [0.3, 0.4) is 0 Å². The molecule has 3 heterocycles. The number of benzene rings is 1. The minimum Gasteiger partial charge on any atom is -0.490 e. The molecule has 2 amide bonds. The van der Waals surface area contributed by atoms with E-state index in [0.717, 1.165) is 32.4 Å². The fraction of sp³-hybridized carbons (Fsp3) is 0.667. The number of nitrogens with one attached hydrogen (secondary N) is 1. The second-order valence-electron chi connectivity index (χ2n) is 9.63. The SMILES string of the molecule is CC(C)C(NS(=O)(=O)c1ccc2c(c1)OCCCO2)C(=O)N1CCC(C(=O)N2CCCC2)CC1. The molecular weight excluding hydrogens is 458 g/mol. The lowest BCUT2D eigenvalue weighted by Gasteiger charge is -2.36. The summed E-state index contributed by atoms with van der Waals surface area (Å²) in [6, 6.07) is 3.60. The zero-order valence-corrected chi connectivity index (χ0v) is 20.8. The lowest BCUT2D eigenvalue weighted by atomic mass is 9.94. The van der Waals surface area contributed by atoms with Gasteiger partial charge in [0.25, 0.3) is 0 Å². The second kappa shape index (κ2) is 10.5. The highest BCUT2D eigenvalue weighted by Gasteiger charge is 2.36. The molecule has 0 aromatic heterocycles. The predicted molar refractivity (Wildman–Crippen MR) is 126 cm³/mol. The standard InChI is InChI=1S/C24H35N3O6S/c1-17(2)22(24(29)27-12-8-18(9-13-27)23(28)26-10-3-4-11-26)25-34(30,31)19-6-7-20-21(16-19)33-15-5-14-32-20/h6-7,16-18,22,25H,3-5,8-15H2,1-2H3. The molecule has 0 aliphatic carbocycles. The number of ether oxygens (including phenoxy) is 2. The molecule has 1 atom stereocenters. The molecule has 3 aliphatic rings. The highest BCUT2D eigenvalue weighted by molar-refractivity contribution is 7.89. The summed E-state index contributed by atoms with van der Waals surface area (Å²) in [5.74, 6) is 0.543. The number of carbonyl (C=O) groups excluding carboxylic acids is 2. The van der Waals surface area contributed by atoms with Crippen molar-refractivity contribution in [2.24, 2.45) is 11.8 Å². The first-order valence-corrected chi connectivity index (χ1v) is 13.7. The first-order chi connectivity index (χ1) is 16.3. The van der Waals surface area contributed by atoms with Crippen LogP contribution < -0.4 is 14.2 Å². The number of hydrogen-bond acceptors (Lipinski definition) is 6. The Morgan fingerprint density at radius 1 is 0.941 bits per heavy atom. The molecule has 4 rings (SSSR count). The average Bonchev–Trinajstić information content (AvgIpc) is 3.27. The van der Waals surface area contributed by atoms with Gasteiger partial charge in [0, 0.05) is 44.6 Å². The number of nitrogens with zero attached hydrogens (tertiary/aromatic N) is 2. The maximum Gasteiger partial charge on any atom is 0.241 e. The summed E-state index contributed by atoms with van der Waals surface area (Å²) in [6.45, 7) is 7.18. The predicted octanol–water partition coefficient (Wildman–Crippen LogP) is 2.01. The number of carbonyl (C=O) groups is 2. The van der Waals surface area contributed by atoms with Gasteiger partial charge in [-0.1, -0.05) is 13.8 Å². The van der Waals surface area contributed by atoms with E-state index in [2.05, 4.69) is 4.72 Å². The van der Waals surface area contributed by atoms with Gasteiger partial charge < -0.3 is 19.3 Å². The van der Waals surface area contributed by atoms with Gasteiger partial charge in [-0.15, -0.1) is 0 Å². The smallest absolute Gasteiger partial charge is 0.241 e. The molecule has 3 aliphatic heterocycles. The quantitative estimate of drug-likeness (QED) is 0.650. The summed E-state index contributed by atoms with van der Waals surface area (Å²) in [6.07, 6.45) is 4.06. The van der Waals surface area contributed by atoms with Gasteiger partial charge >= 0.3 is 0 Å². The zero-order chi connectivity index (χ0) is 24.3. The van der Waals surface area contributed by atoms with Crippen LogP contribution in [0.15, 0.2) is 23.1 Å². The largest absolute Gasteiger partial charge is 0.490 e. The third kappa shape index (κ3) is 5.49. The maximum atomic E-state index is 13.3. The van der Waals surface area contributed by atoms with Crippen LogP contribution in [0, 0.1) is 11.8 Å². The summed E-state index contributed by atoms with van der Waals surface area (Å²) < 4.78 is 40.2. The topological polar surface area (TPSA) is 105 Å². The number of likely N-dealkylation sites (tertiary alicyclic amines) is 2. The van der Waals surface area contributed by atoms with Crippen LogP contribution in [-0.2, 0) is 19.6 Å². The molecule has 34 heavy (non-hydrogen) atoms. The van der Waals surface area contributed by atoms with Crippen molar-refractivity contribution in [3.63, 3.8) is 0 Å². The Morgan fingerprint density at radius 3 is 2.24 bits per heavy atom. The highest BCUT2D eigenvalue weighted by atomic mass is 32.2. The Labute approximate surface area is 201 Å². The average molecular weight is 494 g/mol. The first kappa shape index (κ1) is 24.8. The molecular formula is C24H35N3O6S. The molecule has 1 aromatic carbocycles. The molecule has 1 unspecified atom stereocenters. The Balaban J connectivity index is 1.41. The molecule has 0 spiro atoms. The Kier molecular flexibility index (Phi) is 7.67. The van der Waals surface area contributed by atoms with E-state index in [9.17, 15) is 18.0 Å². The van der Waals surface area contributed by atoms with Crippen molar-refractivity contribution >= 4 is 21.8 Å². The van der Waals surface area contributed by atoms with Crippen molar-refractivity contribution in [3.05, 3.63) is 18.2 Å². The van der Waals surface area contributed by atoms with Gasteiger partial charge in [-0.05, 0) is 43.7 Å². The van der Waals surface area contributed by atoms with Gasteiger partial charge in [-0.25, -0.2) is 8.42 Å². The maximum absolute atomic E-state index is 13.3. The van der Waals surface area contributed by atoms with Gasteiger partial charge in [-0.2, -0.15) is 4.72 Å². The number of hydrogen-bond donors (Lipinski definition) is 1. The Morgan fingerprint density at radius 2 is 1.59 bits per heavy atom. The third-order valence-electron chi connectivity index (χ3n) is 6.82. The molecule has 2 saturated heterocycles. The number of rotatable bonds is 6. The number of sulfonamides is 1. The summed E-state index contributed by atoms with van der Waals surface area (Å²) >= 11 is 0. The normalized spacial score (nSPS) is 20.3. The minimum absolute atomic E-state index is 0.0325. The summed E-state index contributed by atoms with van der Waals surface area (Å²) in [7, 11) is -3.96. The monoisotopic (exact) mass is 493 g/mol. The van der Waals surface area contributed by atoms with Crippen LogP contribution in [0.25, 0.3) is 0 Å². The van der Waals surface area contributed by atoms with Crippen LogP contribution >= 0.6 is 0 Å².